The molecular formula is C19H24N4O. The van der Waals surface area contributed by atoms with Crippen molar-refractivity contribution in [1.29, 1.82) is 0 Å². The number of nitrogens with zero attached hydrogens (tertiary/aromatic N) is 3. The Morgan fingerprint density at radius 3 is 2.71 bits per heavy atom. The molecule has 2 heterocycles. The Labute approximate surface area is 142 Å². The number of para-hydroxylation sites is 1. The summed E-state index contributed by atoms with van der Waals surface area (Å²) in [6.07, 6.45) is 5.00. The van der Waals surface area contributed by atoms with Crippen molar-refractivity contribution in [2.75, 3.05) is 19.6 Å². The van der Waals surface area contributed by atoms with Crippen molar-refractivity contribution in [1.82, 2.24) is 14.7 Å². The van der Waals surface area contributed by atoms with Crippen LogP contribution in [-0.2, 0) is 0 Å². The molecule has 2 fully saturated rings. The molecule has 1 saturated carbocycles. The van der Waals surface area contributed by atoms with Gasteiger partial charge in [0.05, 0.1) is 23.1 Å². The van der Waals surface area contributed by atoms with Gasteiger partial charge < -0.3 is 10.6 Å². The molecule has 1 saturated heterocycles. The van der Waals surface area contributed by atoms with Crippen LogP contribution in [0.25, 0.3) is 5.69 Å². The highest BCUT2D eigenvalue weighted by Gasteiger charge is 2.39. The molecule has 2 aliphatic rings. The zero-order valence-corrected chi connectivity index (χ0v) is 14.1. The molecule has 4 rings (SSSR count). The monoisotopic (exact) mass is 324 g/mol. The van der Waals surface area contributed by atoms with E-state index in [0.29, 0.717) is 12.5 Å². The van der Waals surface area contributed by atoms with Gasteiger partial charge in [-0.25, -0.2) is 4.68 Å². The Morgan fingerprint density at radius 2 is 2.08 bits per heavy atom. The van der Waals surface area contributed by atoms with Gasteiger partial charge in [0.1, 0.15) is 0 Å². The molecule has 1 amide bonds. The Morgan fingerprint density at radius 1 is 1.33 bits per heavy atom. The highest BCUT2D eigenvalue weighted by molar-refractivity contribution is 5.95. The summed E-state index contributed by atoms with van der Waals surface area (Å²) >= 11 is 0. The Balaban J connectivity index is 1.67. The molecule has 1 aromatic carbocycles. The van der Waals surface area contributed by atoms with Crippen molar-refractivity contribution in [3.63, 3.8) is 0 Å². The van der Waals surface area contributed by atoms with Gasteiger partial charge >= 0.3 is 0 Å². The van der Waals surface area contributed by atoms with Gasteiger partial charge in [-0.15, -0.1) is 0 Å². The van der Waals surface area contributed by atoms with Gasteiger partial charge in [0.2, 0.25) is 0 Å². The zero-order chi connectivity index (χ0) is 16.7. The molecule has 0 bridgehead atoms. The van der Waals surface area contributed by atoms with Crippen LogP contribution >= 0.6 is 0 Å². The summed E-state index contributed by atoms with van der Waals surface area (Å²) in [5.41, 5.74) is 8.79. The Bertz CT molecular complexity index is 750. The highest BCUT2D eigenvalue weighted by Crippen LogP contribution is 2.43. The number of benzene rings is 1. The first kappa shape index (κ1) is 15.4. The Hall–Kier alpha value is -2.14. The fraction of sp³-hybridized carbons (Fsp3) is 0.474. The van der Waals surface area contributed by atoms with Crippen molar-refractivity contribution < 1.29 is 4.79 Å². The van der Waals surface area contributed by atoms with Crippen LogP contribution in [0.4, 0.5) is 0 Å². The minimum atomic E-state index is 0.0465. The van der Waals surface area contributed by atoms with Gasteiger partial charge in [-0.2, -0.15) is 5.10 Å². The fourth-order valence-electron chi connectivity index (χ4n) is 3.58. The largest absolute Gasteiger partial charge is 0.338 e. The average molecular weight is 324 g/mol. The second kappa shape index (κ2) is 5.74. The van der Waals surface area contributed by atoms with Crippen LogP contribution in [0.1, 0.15) is 48.2 Å². The number of amides is 1. The first-order valence-electron chi connectivity index (χ1n) is 8.74. The molecule has 2 aromatic rings. The van der Waals surface area contributed by atoms with E-state index in [1.807, 2.05) is 39.9 Å². The normalized spacial score (nSPS) is 23.7. The van der Waals surface area contributed by atoms with Crippen molar-refractivity contribution >= 4 is 5.91 Å². The van der Waals surface area contributed by atoms with E-state index in [1.165, 1.54) is 0 Å². The van der Waals surface area contributed by atoms with E-state index >= 15 is 0 Å². The molecule has 0 radical (unpaired) electrons. The first-order valence-corrected chi connectivity index (χ1v) is 8.74. The number of hydrogen-bond acceptors (Lipinski definition) is 3. The maximum Gasteiger partial charge on any atom is 0.257 e. The number of likely N-dealkylation sites (tertiary alicyclic amines) is 1. The molecule has 1 unspecified atom stereocenters. The van der Waals surface area contributed by atoms with Crippen LogP contribution in [0.2, 0.25) is 0 Å². The number of aromatic nitrogens is 2. The lowest BCUT2D eigenvalue weighted by Crippen LogP contribution is -2.34. The summed E-state index contributed by atoms with van der Waals surface area (Å²) in [7, 11) is 0. The van der Waals surface area contributed by atoms with Crippen LogP contribution in [-0.4, -0.2) is 40.2 Å². The number of carbonyl (C=O) groups excluding carboxylic acids is 1. The molecule has 1 aliphatic carbocycles. The molecule has 1 atom stereocenters. The molecule has 5 nitrogen and oxygen atoms in total. The smallest absolute Gasteiger partial charge is 0.257 e. The molecule has 5 heteroatoms. The lowest BCUT2D eigenvalue weighted by atomic mass is 9.90. The maximum atomic E-state index is 13.1. The molecule has 1 aromatic heterocycles. The highest BCUT2D eigenvalue weighted by atomic mass is 16.2. The molecule has 24 heavy (non-hydrogen) atoms. The van der Waals surface area contributed by atoms with E-state index in [2.05, 4.69) is 12.0 Å². The lowest BCUT2D eigenvalue weighted by Gasteiger charge is -2.22. The number of carbonyl (C=O) groups is 1. The van der Waals surface area contributed by atoms with Gasteiger partial charge in [-0.3, -0.25) is 4.79 Å². The molecule has 0 spiro atoms. The minimum Gasteiger partial charge on any atom is -0.338 e. The summed E-state index contributed by atoms with van der Waals surface area (Å²) in [5.74, 6) is 0.561. The van der Waals surface area contributed by atoms with Crippen LogP contribution in [0.5, 0.6) is 0 Å². The molecule has 2 N–H and O–H groups in total. The number of nitrogens with two attached hydrogens (primary N) is 1. The standard InChI is InChI=1S/C19H24N4O/c1-19(12-20)9-10-22(13-19)18(24)16-11-21-23(17(16)14-7-8-14)15-5-3-2-4-6-15/h2-6,11,14H,7-10,12-13,20H2,1H3. The van der Waals surface area contributed by atoms with Gasteiger partial charge in [0, 0.05) is 19.0 Å². The summed E-state index contributed by atoms with van der Waals surface area (Å²) in [6.45, 7) is 4.31. The lowest BCUT2D eigenvalue weighted by molar-refractivity contribution is 0.0775. The van der Waals surface area contributed by atoms with Gasteiger partial charge in [0.15, 0.2) is 0 Å². The number of hydrogen-bond donors (Lipinski definition) is 1. The van der Waals surface area contributed by atoms with Crippen LogP contribution < -0.4 is 5.73 Å². The van der Waals surface area contributed by atoms with E-state index in [4.69, 9.17) is 5.73 Å². The zero-order valence-electron chi connectivity index (χ0n) is 14.1. The van der Waals surface area contributed by atoms with E-state index in [1.54, 1.807) is 6.20 Å². The molecule has 126 valence electrons. The summed E-state index contributed by atoms with van der Waals surface area (Å²) in [4.78, 5) is 15.0. The van der Waals surface area contributed by atoms with Crippen molar-refractivity contribution in [3.8, 4) is 5.69 Å². The van der Waals surface area contributed by atoms with E-state index < -0.39 is 0 Å². The predicted octanol–water partition coefficient (Wildman–Crippen LogP) is 2.56. The molecular weight excluding hydrogens is 300 g/mol. The van der Waals surface area contributed by atoms with Crippen molar-refractivity contribution in [2.24, 2.45) is 11.1 Å². The third-order valence-electron chi connectivity index (χ3n) is 5.34. The quantitative estimate of drug-likeness (QED) is 0.940. The first-order chi connectivity index (χ1) is 11.6. The second-order valence-corrected chi connectivity index (χ2v) is 7.46. The maximum absolute atomic E-state index is 13.1. The van der Waals surface area contributed by atoms with Crippen molar-refractivity contribution in [3.05, 3.63) is 47.8 Å². The summed E-state index contributed by atoms with van der Waals surface area (Å²) in [6, 6.07) is 10.1. The van der Waals surface area contributed by atoms with Crippen LogP contribution in [0, 0.1) is 5.41 Å². The fourth-order valence-corrected chi connectivity index (χ4v) is 3.58. The predicted molar refractivity (Wildman–Crippen MR) is 93.2 cm³/mol. The SMILES string of the molecule is CC1(CN)CCN(C(=O)c2cnn(-c3ccccc3)c2C2CC2)C1. The second-order valence-electron chi connectivity index (χ2n) is 7.46. The van der Waals surface area contributed by atoms with Crippen LogP contribution in [0.3, 0.4) is 0 Å². The third-order valence-corrected chi connectivity index (χ3v) is 5.34. The minimum absolute atomic E-state index is 0.0465. The van der Waals surface area contributed by atoms with Gasteiger partial charge in [0.25, 0.3) is 5.91 Å². The number of rotatable bonds is 4. The summed E-state index contributed by atoms with van der Waals surface area (Å²) < 4.78 is 1.95. The molecule has 1 aliphatic heterocycles. The van der Waals surface area contributed by atoms with E-state index in [9.17, 15) is 4.79 Å². The average Bonchev–Trinajstić information content (AvgIpc) is 3.23. The van der Waals surface area contributed by atoms with Crippen molar-refractivity contribution in [2.45, 2.75) is 32.1 Å². The third kappa shape index (κ3) is 2.63. The van der Waals surface area contributed by atoms with Gasteiger partial charge in [-0.05, 0) is 43.4 Å². The van der Waals surface area contributed by atoms with Crippen LogP contribution in [0.15, 0.2) is 36.5 Å². The Kier molecular flexibility index (Phi) is 3.68. The topological polar surface area (TPSA) is 64.2 Å². The summed E-state index contributed by atoms with van der Waals surface area (Å²) in [5, 5.41) is 4.54. The van der Waals surface area contributed by atoms with Gasteiger partial charge in [-0.1, -0.05) is 25.1 Å². The van der Waals surface area contributed by atoms with E-state index in [0.717, 1.165) is 49.3 Å². The van der Waals surface area contributed by atoms with E-state index in [-0.39, 0.29) is 11.3 Å².